The number of likely N-dealkylation sites (tertiary alicyclic amines) is 1. The fourth-order valence-electron chi connectivity index (χ4n) is 3.23. The summed E-state index contributed by atoms with van der Waals surface area (Å²) in [6.45, 7) is 2.40. The maximum atomic E-state index is 12.0. The zero-order valence-corrected chi connectivity index (χ0v) is 11.4. The molecule has 19 heavy (non-hydrogen) atoms. The Labute approximate surface area is 114 Å². The summed E-state index contributed by atoms with van der Waals surface area (Å²) in [5, 5.41) is 21.1. The van der Waals surface area contributed by atoms with Gasteiger partial charge in [0.05, 0.1) is 12.6 Å². The van der Waals surface area contributed by atoms with E-state index in [4.69, 9.17) is 5.11 Å². The summed E-state index contributed by atoms with van der Waals surface area (Å²) in [6.07, 6.45) is 5.48. The van der Waals surface area contributed by atoms with Crippen molar-refractivity contribution in [1.29, 1.82) is 5.26 Å². The highest BCUT2D eigenvalue weighted by molar-refractivity contribution is 5.79. The lowest BCUT2D eigenvalue weighted by atomic mass is 10.00. The predicted molar refractivity (Wildman–Crippen MR) is 71.2 cm³/mol. The van der Waals surface area contributed by atoms with Gasteiger partial charge in [-0.05, 0) is 51.0 Å². The number of hydrogen-bond donors (Lipinski definition) is 2. The van der Waals surface area contributed by atoms with Crippen LogP contribution in [0.25, 0.3) is 0 Å². The van der Waals surface area contributed by atoms with Crippen LogP contribution in [0, 0.1) is 17.2 Å². The van der Waals surface area contributed by atoms with Gasteiger partial charge in [0.2, 0.25) is 5.91 Å². The Hall–Kier alpha value is -1.12. The topological polar surface area (TPSA) is 76.4 Å². The van der Waals surface area contributed by atoms with Crippen molar-refractivity contribution in [2.24, 2.45) is 5.92 Å². The van der Waals surface area contributed by atoms with Crippen LogP contribution in [0.15, 0.2) is 0 Å². The van der Waals surface area contributed by atoms with Crippen LogP contribution in [0.4, 0.5) is 0 Å². The molecule has 0 radical (unpaired) electrons. The third-order valence-electron chi connectivity index (χ3n) is 4.32. The number of carbonyl (C=O) groups excluding carboxylic acids is 1. The van der Waals surface area contributed by atoms with Gasteiger partial charge in [0.1, 0.15) is 5.54 Å². The first kappa shape index (κ1) is 14.3. The molecule has 1 unspecified atom stereocenters. The summed E-state index contributed by atoms with van der Waals surface area (Å²) in [6, 6.07) is 2.28. The van der Waals surface area contributed by atoms with E-state index < -0.39 is 5.54 Å². The van der Waals surface area contributed by atoms with E-state index in [1.54, 1.807) is 0 Å². The summed E-state index contributed by atoms with van der Waals surface area (Å²) in [7, 11) is 0. The molecule has 1 saturated carbocycles. The predicted octanol–water partition coefficient (Wildman–Crippen LogP) is 0.643. The number of nitrogens with one attached hydrogen (secondary N) is 1. The monoisotopic (exact) mass is 265 g/mol. The number of nitrogens with zero attached hydrogens (tertiary/aromatic N) is 2. The lowest BCUT2D eigenvalue weighted by Gasteiger charge is -2.24. The van der Waals surface area contributed by atoms with Crippen molar-refractivity contribution in [3.05, 3.63) is 0 Å². The van der Waals surface area contributed by atoms with Gasteiger partial charge >= 0.3 is 0 Å². The molecule has 5 heteroatoms. The maximum Gasteiger partial charge on any atom is 0.235 e. The second-order valence-corrected chi connectivity index (χ2v) is 5.85. The normalized spacial score (nSPS) is 26.2. The maximum absolute atomic E-state index is 12.0. The highest BCUT2D eigenvalue weighted by Gasteiger charge is 2.36. The SMILES string of the molecule is N#CC1(NC(=O)CN2CCC(CCO)C2)CCCC1. The zero-order valence-electron chi connectivity index (χ0n) is 11.4. The van der Waals surface area contributed by atoms with Crippen LogP contribution in [-0.4, -0.2) is 47.7 Å². The number of aliphatic hydroxyl groups is 1. The van der Waals surface area contributed by atoms with Gasteiger partial charge in [0.15, 0.2) is 0 Å². The van der Waals surface area contributed by atoms with Crippen LogP contribution in [-0.2, 0) is 4.79 Å². The van der Waals surface area contributed by atoms with E-state index in [2.05, 4.69) is 16.3 Å². The quantitative estimate of drug-likeness (QED) is 0.765. The fourth-order valence-corrected chi connectivity index (χ4v) is 3.23. The highest BCUT2D eigenvalue weighted by Crippen LogP contribution is 2.29. The average Bonchev–Trinajstić information content (AvgIpc) is 3.00. The van der Waals surface area contributed by atoms with Crippen molar-refractivity contribution < 1.29 is 9.90 Å². The van der Waals surface area contributed by atoms with Crippen LogP contribution in [0.1, 0.15) is 38.5 Å². The lowest BCUT2D eigenvalue weighted by Crippen LogP contribution is -2.48. The van der Waals surface area contributed by atoms with Crippen molar-refractivity contribution in [2.45, 2.75) is 44.1 Å². The standard InChI is InChI=1S/C14H23N3O2/c15-11-14(5-1-2-6-14)16-13(19)10-17-7-3-12(9-17)4-8-18/h12,18H,1-10H2,(H,16,19). The van der Waals surface area contributed by atoms with E-state index >= 15 is 0 Å². The smallest absolute Gasteiger partial charge is 0.235 e. The fraction of sp³-hybridized carbons (Fsp3) is 0.857. The largest absolute Gasteiger partial charge is 0.396 e. The van der Waals surface area contributed by atoms with Gasteiger partial charge in [-0.3, -0.25) is 9.69 Å². The molecular formula is C14H23N3O2. The van der Waals surface area contributed by atoms with Gasteiger partial charge < -0.3 is 10.4 Å². The Balaban J connectivity index is 1.77. The molecule has 0 aromatic carbocycles. The molecule has 1 heterocycles. The number of hydrogen-bond acceptors (Lipinski definition) is 4. The van der Waals surface area contributed by atoms with Gasteiger partial charge in [0, 0.05) is 13.2 Å². The molecule has 106 valence electrons. The first-order valence-corrected chi connectivity index (χ1v) is 7.23. The molecule has 2 N–H and O–H groups in total. The van der Waals surface area contributed by atoms with Crippen molar-refractivity contribution >= 4 is 5.91 Å². The van der Waals surface area contributed by atoms with Crippen molar-refractivity contribution in [2.75, 3.05) is 26.2 Å². The summed E-state index contributed by atoms with van der Waals surface area (Å²) < 4.78 is 0. The molecule has 1 saturated heterocycles. The Morgan fingerprint density at radius 1 is 1.47 bits per heavy atom. The second-order valence-electron chi connectivity index (χ2n) is 5.85. The zero-order chi connectivity index (χ0) is 13.7. The van der Waals surface area contributed by atoms with E-state index in [1.807, 2.05) is 0 Å². The minimum absolute atomic E-state index is 0.0342. The van der Waals surface area contributed by atoms with Gasteiger partial charge in [0.25, 0.3) is 0 Å². The molecule has 1 amide bonds. The first-order chi connectivity index (χ1) is 9.17. The van der Waals surface area contributed by atoms with E-state index in [-0.39, 0.29) is 12.5 Å². The molecule has 0 bridgehead atoms. The Bertz CT molecular complexity index is 358. The molecule has 1 atom stereocenters. The number of amides is 1. The Morgan fingerprint density at radius 2 is 2.21 bits per heavy atom. The second kappa shape index (κ2) is 6.36. The van der Waals surface area contributed by atoms with Gasteiger partial charge in [-0.1, -0.05) is 0 Å². The van der Waals surface area contributed by atoms with Crippen LogP contribution >= 0.6 is 0 Å². The average molecular weight is 265 g/mol. The summed E-state index contributed by atoms with van der Waals surface area (Å²) in [5.74, 6) is 0.474. The minimum atomic E-state index is -0.610. The first-order valence-electron chi connectivity index (χ1n) is 7.23. The lowest BCUT2D eigenvalue weighted by molar-refractivity contribution is -0.123. The molecule has 0 aromatic rings. The number of nitriles is 1. The van der Waals surface area contributed by atoms with Crippen LogP contribution in [0.2, 0.25) is 0 Å². The third kappa shape index (κ3) is 3.68. The summed E-state index contributed by atoms with van der Waals surface area (Å²) in [5.41, 5.74) is -0.610. The molecule has 2 fully saturated rings. The van der Waals surface area contributed by atoms with Gasteiger partial charge in [-0.15, -0.1) is 0 Å². The van der Waals surface area contributed by atoms with Crippen LogP contribution < -0.4 is 5.32 Å². The molecule has 2 aliphatic rings. The minimum Gasteiger partial charge on any atom is -0.396 e. The van der Waals surface area contributed by atoms with Gasteiger partial charge in [-0.25, -0.2) is 0 Å². The van der Waals surface area contributed by atoms with E-state index in [1.165, 1.54) is 0 Å². The number of aliphatic hydroxyl groups excluding tert-OH is 1. The Kier molecular flexibility index (Phi) is 4.78. The molecule has 1 aliphatic heterocycles. The summed E-state index contributed by atoms with van der Waals surface area (Å²) in [4.78, 5) is 14.2. The van der Waals surface area contributed by atoms with Crippen molar-refractivity contribution in [3.63, 3.8) is 0 Å². The molecule has 0 spiro atoms. The van der Waals surface area contributed by atoms with Gasteiger partial charge in [-0.2, -0.15) is 5.26 Å². The van der Waals surface area contributed by atoms with E-state index in [9.17, 15) is 10.1 Å². The van der Waals surface area contributed by atoms with Crippen LogP contribution in [0.3, 0.4) is 0 Å². The molecule has 2 rings (SSSR count). The molecule has 5 nitrogen and oxygen atoms in total. The van der Waals surface area contributed by atoms with E-state index in [0.29, 0.717) is 12.5 Å². The number of carbonyl (C=O) groups is 1. The number of rotatable bonds is 5. The van der Waals surface area contributed by atoms with E-state index in [0.717, 1.165) is 51.6 Å². The molecule has 0 aromatic heterocycles. The highest BCUT2D eigenvalue weighted by atomic mass is 16.3. The van der Waals surface area contributed by atoms with Crippen molar-refractivity contribution in [1.82, 2.24) is 10.2 Å². The molecule has 1 aliphatic carbocycles. The molecular weight excluding hydrogens is 242 g/mol. The Morgan fingerprint density at radius 3 is 2.84 bits per heavy atom. The van der Waals surface area contributed by atoms with Crippen molar-refractivity contribution in [3.8, 4) is 6.07 Å². The summed E-state index contributed by atoms with van der Waals surface area (Å²) >= 11 is 0. The third-order valence-corrected chi connectivity index (χ3v) is 4.32. The van der Waals surface area contributed by atoms with Crippen LogP contribution in [0.5, 0.6) is 0 Å².